The molecular weight excluding hydrogens is 260 g/mol. The second kappa shape index (κ2) is 7.67. The fraction of sp³-hybridized carbons (Fsp3) is 0.538. The maximum Gasteiger partial charge on any atom is 0.159 e. The first-order valence-corrected chi connectivity index (χ1v) is 5.80. The molecule has 0 aliphatic carbocycles. The van der Waals surface area contributed by atoms with Crippen molar-refractivity contribution in [2.75, 3.05) is 0 Å². The summed E-state index contributed by atoms with van der Waals surface area (Å²) in [5.41, 5.74) is 6.22. The molecule has 0 aromatic heterocycles. The zero-order valence-corrected chi connectivity index (χ0v) is 11.4. The maximum absolute atomic E-state index is 13.0. The van der Waals surface area contributed by atoms with E-state index in [1.165, 1.54) is 6.07 Å². The van der Waals surface area contributed by atoms with Crippen LogP contribution in [0.25, 0.3) is 0 Å². The molecule has 0 aliphatic rings. The lowest BCUT2D eigenvalue weighted by Crippen LogP contribution is -2.26. The van der Waals surface area contributed by atoms with Gasteiger partial charge in [0.15, 0.2) is 11.6 Å². The van der Waals surface area contributed by atoms with Gasteiger partial charge in [0.25, 0.3) is 0 Å². The number of benzene rings is 1. The molecule has 1 aromatic rings. The van der Waals surface area contributed by atoms with Gasteiger partial charge in [0, 0.05) is 0 Å². The van der Waals surface area contributed by atoms with Gasteiger partial charge in [0.1, 0.15) is 0 Å². The van der Waals surface area contributed by atoms with Crippen LogP contribution in [0.1, 0.15) is 38.3 Å². The number of aliphatic hydroxyl groups is 1. The Labute approximate surface area is 113 Å². The molecule has 0 unspecified atom stereocenters. The lowest BCUT2D eigenvalue weighted by Gasteiger charge is -2.20. The summed E-state index contributed by atoms with van der Waals surface area (Å²) in [6, 6.07) is 2.80. The van der Waals surface area contributed by atoms with Gasteiger partial charge in [0.2, 0.25) is 0 Å². The van der Waals surface area contributed by atoms with Crippen LogP contribution in [0.4, 0.5) is 8.78 Å². The van der Waals surface area contributed by atoms with Gasteiger partial charge in [-0.05, 0) is 36.5 Å². The number of nitrogens with two attached hydrogens (primary N) is 1. The molecule has 0 saturated heterocycles. The largest absolute Gasteiger partial charge is 0.391 e. The van der Waals surface area contributed by atoms with Crippen LogP contribution in [-0.4, -0.2) is 11.2 Å². The van der Waals surface area contributed by atoms with Crippen LogP contribution in [0.5, 0.6) is 0 Å². The van der Waals surface area contributed by atoms with Crippen LogP contribution in [0.3, 0.4) is 0 Å². The molecule has 2 atom stereocenters. The quantitative estimate of drug-likeness (QED) is 0.869. The maximum atomic E-state index is 13.0. The van der Waals surface area contributed by atoms with E-state index in [2.05, 4.69) is 13.8 Å². The van der Waals surface area contributed by atoms with Gasteiger partial charge in [-0.1, -0.05) is 19.9 Å². The Morgan fingerprint density at radius 1 is 1.17 bits per heavy atom. The van der Waals surface area contributed by atoms with E-state index in [0.29, 0.717) is 17.9 Å². The van der Waals surface area contributed by atoms with Crippen molar-refractivity contribution < 1.29 is 13.9 Å². The summed E-state index contributed by atoms with van der Waals surface area (Å²) in [5.74, 6) is -1.37. The number of halogens is 3. The van der Waals surface area contributed by atoms with Crippen molar-refractivity contribution in [2.24, 2.45) is 11.7 Å². The smallest absolute Gasteiger partial charge is 0.159 e. The number of aliphatic hydroxyl groups excluding tert-OH is 1. The minimum atomic E-state index is -0.936. The van der Waals surface area contributed by atoms with Gasteiger partial charge < -0.3 is 10.8 Å². The lowest BCUT2D eigenvalue weighted by molar-refractivity contribution is 0.128. The van der Waals surface area contributed by atoms with E-state index < -0.39 is 23.8 Å². The summed E-state index contributed by atoms with van der Waals surface area (Å²) in [6.45, 7) is 4.10. The minimum Gasteiger partial charge on any atom is -0.391 e. The summed E-state index contributed by atoms with van der Waals surface area (Å²) in [7, 11) is 0. The monoisotopic (exact) mass is 279 g/mol. The summed E-state index contributed by atoms with van der Waals surface area (Å²) in [5, 5.41) is 9.84. The highest BCUT2D eigenvalue weighted by atomic mass is 35.5. The predicted octanol–water partition coefficient (Wildman–Crippen LogP) is 3.18. The topological polar surface area (TPSA) is 46.2 Å². The molecule has 0 aliphatic heterocycles. The van der Waals surface area contributed by atoms with Crippen molar-refractivity contribution >= 4 is 12.4 Å². The van der Waals surface area contributed by atoms with Crippen LogP contribution in [0.2, 0.25) is 0 Å². The third kappa shape index (κ3) is 4.88. The highest BCUT2D eigenvalue weighted by Gasteiger charge is 2.18. The van der Waals surface area contributed by atoms with Crippen molar-refractivity contribution in [3.63, 3.8) is 0 Å². The molecule has 5 heteroatoms. The molecule has 0 fully saturated rings. The van der Waals surface area contributed by atoms with Crippen molar-refractivity contribution in [2.45, 2.75) is 38.8 Å². The molecule has 1 aromatic carbocycles. The highest BCUT2D eigenvalue weighted by Crippen LogP contribution is 2.21. The van der Waals surface area contributed by atoms with Crippen molar-refractivity contribution in [3.8, 4) is 0 Å². The second-order valence-corrected chi connectivity index (χ2v) is 4.74. The molecule has 0 saturated carbocycles. The molecule has 0 amide bonds. The zero-order valence-electron chi connectivity index (χ0n) is 10.6. The Bertz CT molecular complexity index is 374. The Balaban J connectivity index is 0.00000289. The van der Waals surface area contributed by atoms with Crippen LogP contribution in [0, 0.1) is 17.6 Å². The Morgan fingerprint density at radius 2 is 1.78 bits per heavy atom. The van der Waals surface area contributed by atoms with E-state index in [0.717, 1.165) is 18.6 Å². The van der Waals surface area contributed by atoms with Crippen LogP contribution in [-0.2, 0) is 0 Å². The van der Waals surface area contributed by atoms with E-state index >= 15 is 0 Å². The number of hydrogen-bond acceptors (Lipinski definition) is 2. The molecule has 1 rings (SSSR count). The first-order chi connectivity index (χ1) is 7.91. The fourth-order valence-corrected chi connectivity index (χ4v) is 1.63. The van der Waals surface area contributed by atoms with Crippen molar-refractivity contribution in [1.82, 2.24) is 0 Å². The van der Waals surface area contributed by atoms with Gasteiger partial charge in [-0.3, -0.25) is 0 Å². The van der Waals surface area contributed by atoms with Gasteiger partial charge in [0.05, 0.1) is 12.1 Å². The first kappa shape index (κ1) is 17.3. The molecule has 104 valence electrons. The van der Waals surface area contributed by atoms with Gasteiger partial charge in [-0.15, -0.1) is 12.4 Å². The van der Waals surface area contributed by atoms with Crippen molar-refractivity contribution in [3.05, 3.63) is 35.4 Å². The molecule has 0 spiro atoms. The molecule has 0 heterocycles. The normalized spacial score (nSPS) is 14.2. The molecule has 0 bridgehead atoms. The Morgan fingerprint density at radius 3 is 2.28 bits per heavy atom. The van der Waals surface area contributed by atoms with Gasteiger partial charge in [-0.25, -0.2) is 8.78 Å². The summed E-state index contributed by atoms with van der Waals surface area (Å²) >= 11 is 0. The Kier molecular flexibility index (Phi) is 7.36. The van der Waals surface area contributed by atoms with Gasteiger partial charge in [-0.2, -0.15) is 0 Å². The average molecular weight is 280 g/mol. The lowest BCUT2D eigenvalue weighted by atomic mass is 9.96. The molecule has 18 heavy (non-hydrogen) atoms. The van der Waals surface area contributed by atoms with Crippen LogP contribution in [0.15, 0.2) is 18.2 Å². The zero-order chi connectivity index (χ0) is 13.0. The molecule has 0 radical (unpaired) electrons. The first-order valence-electron chi connectivity index (χ1n) is 5.80. The van der Waals surface area contributed by atoms with E-state index in [1.807, 2.05) is 0 Å². The Hall–Kier alpha value is -0.710. The van der Waals surface area contributed by atoms with Crippen LogP contribution >= 0.6 is 12.4 Å². The molecule has 3 N–H and O–H groups in total. The van der Waals surface area contributed by atoms with E-state index in [4.69, 9.17) is 5.73 Å². The highest BCUT2D eigenvalue weighted by molar-refractivity contribution is 5.85. The summed E-state index contributed by atoms with van der Waals surface area (Å²) < 4.78 is 25.7. The summed E-state index contributed by atoms with van der Waals surface area (Å²) in [4.78, 5) is 0. The third-order valence-electron chi connectivity index (χ3n) is 2.78. The summed E-state index contributed by atoms with van der Waals surface area (Å²) in [6.07, 6.45) is 0.665. The standard InChI is InChI=1S/C13H19F2NO.ClH/c1-8(2)3-6-12(17)13(16)9-4-5-10(14)11(15)7-9;/h4-5,7-8,12-13,17H,3,6,16H2,1-2H3;1H/t12-,13+;/m0./s1. The van der Waals surface area contributed by atoms with E-state index in [-0.39, 0.29) is 12.4 Å². The number of hydrogen-bond donors (Lipinski definition) is 2. The third-order valence-corrected chi connectivity index (χ3v) is 2.78. The molecular formula is C13H20ClF2NO. The minimum absolute atomic E-state index is 0. The molecule has 2 nitrogen and oxygen atoms in total. The van der Waals surface area contributed by atoms with E-state index in [1.54, 1.807) is 0 Å². The predicted molar refractivity (Wildman–Crippen MR) is 70.6 cm³/mol. The number of rotatable bonds is 5. The SMILES string of the molecule is CC(C)CC[C@H](O)[C@H](N)c1ccc(F)c(F)c1.Cl. The fourth-order valence-electron chi connectivity index (χ4n) is 1.63. The van der Waals surface area contributed by atoms with Crippen molar-refractivity contribution in [1.29, 1.82) is 0 Å². The van der Waals surface area contributed by atoms with Crippen LogP contribution < -0.4 is 5.73 Å². The average Bonchev–Trinajstić information content (AvgIpc) is 2.28. The van der Waals surface area contributed by atoms with E-state index in [9.17, 15) is 13.9 Å². The van der Waals surface area contributed by atoms with Gasteiger partial charge >= 0.3 is 0 Å². The second-order valence-electron chi connectivity index (χ2n) is 4.74.